The van der Waals surface area contributed by atoms with Crippen LogP contribution in [-0.4, -0.2) is 30.4 Å². The van der Waals surface area contributed by atoms with Crippen LogP contribution < -0.4 is 0 Å². The average molecular weight is 201 g/mol. The second-order valence-corrected chi connectivity index (χ2v) is 4.13. The number of aliphatic hydroxyl groups excluding tert-OH is 1. The van der Waals surface area contributed by atoms with Gasteiger partial charge in [-0.3, -0.25) is 0 Å². The highest BCUT2D eigenvalue weighted by Crippen LogP contribution is 2.22. The van der Waals surface area contributed by atoms with Crippen LogP contribution in [0, 0.1) is 0 Å². The molecule has 1 heterocycles. The summed E-state index contributed by atoms with van der Waals surface area (Å²) >= 11 is 1.65. The Bertz CT molecular complexity index is 250. The van der Waals surface area contributed by atoms with E-state index in [1.54, 1.807) is 18.4 Å². The quantitative estimate of drug-likeness (QED) is 0.783. The van der Waals surface area contributed by atoms with Crippen LogP contribution in [0.5, 0.6) is 0 Å². The van der Waals surface area contributed by atoms with Gasteiger partial charge in [-0.15, -0.1) is 11.3 Å². The molecule has 0 spiro atoms. The molecule has 1 N–H and O–H groups in total. The molecule has 0 amide bonds. The molecule has 0 bridgehead atoms. The lowest BCUT2D eigenvalue weighted by Crippen LogP contribution is -1.95. The first-order valence-corrected chi connectivity index (χ1v) is 5.14. The zero-order valence-corrected chi connectivity index (χ0v) is 8.80. The van der Waals surface area contributed by atoms with Gasteiger partial charge in [0.1, 0.15) is 0 Å². The number of rotatable bonds is 5. The van der Waals surface area contributed by atoms with Crippen molar-refractivity contribution in [2.24, 2.45) is 0 Å². The molecule has 1 aromatic heterocycles. The van der Waals surface area contributed by atoms with Crippen LogP contribution in [0.25, 0.3) is 0 Å². The average Bonchev–Trinajstić information content (AvgIpc) is 2.62. The molecule has 1 aromatic rings. The van der Waals surface area contributed by atoms with E-state index >= 15 is 0 Å². The molecule has 1 atom stereocenters. The van der Waals surface area contributed by atoms with Gasteiger partial charge in [0, 0.05) is 30.5 Å². The van der Waals surface area contributed by atoms with Gasteiger partial charge in [0.25, 0.3) is 0 Å². The van der Waals surface area contributed by atoms with Crippen LogP contribution in [0.2, 0.25) is 0 Å². The third kappa shape index (κ3) is 3.06. The largest absolute Gasteiger partial charge is 0.396 e. The second-order valence-electron chi connectivity index (χ2n) is 2.98. The lowest BCUT2D eigenvalue weighted by Gasteiger charge is -2.01. The van der Waals surface area contributed by atoms with E-state index < -0.39 is 0 Å². The van der Waals surface area contributed by atoms with E-state index in [0.717, 1.165) is 16.3 Å². The summed E-state index contributed by atoms with van der Waals surface area (Å²) in [6, 6.07) is 0. The molecule has 0 aliphatic carbocycles. The van der Waals surface area contributed by atoms with Gasteiger partial charge in [-0.2, -0.15) is 0 Å². The molecule has 0 aromatic carbocycles. The summed E-state index contributed by atoms with van der Waals surface area (Å²) in [5.74, 6) is 0.203. The van der Waals surface area contributed by atoms with Gasteiger partial charge in [0.2, 0.25) is 0 Å². The fourth-order valence-electron chi connectivity index (χ4n) is 0.947. The number of thiazole rings is 1. The summed E-state index contributed by atoms with van der Waals surface area (Å²) in [7, 11) is 1.69. The van der Waals surface area contributed by atoms with Crippen molar-refractivity contribution in [1.29, 1.82) is 0 Å². The zero-order chi connectivity index (χ0) is 9.68. The molecule has 0 saturated heterocycles. The third-order valence-electron chi connectivity index (χ3n) is 1.85. The maximum Gasteiger partial charge on any atom is 0.0950 e. The number of ether oxygens (including phenoxy) is 1. The Balaban J connectivity index is 2.53. The molecule has 0 fully saturated rings. The molecular formula is C9H15NO2S. The summed E-state index contributed by atoms with van der Waals surface area (Å²) in [5.41, 5.74) is 0. The van der Waals surface area contributed by atoms with Crippen molar-refractivity contribution in [2.75, 3.05) is 20.3 Å². The van der Waals surface area contributed by atoms with Crippen LogP contribution in [0.15, 0.2) is 6.20 Å². The highest BCUT2D eigenvalue weighted by Gasteiger charge is 2.08. The van der Waals surface area contributed by atoms with Crippen molar-refractivity contribution < 1.29 is 9.84 Å². The fraction of sp³-hybridized carbons (Fsp3) is 0.667. The Morgan fingerprint density at radius 1 is 1.69 bits per heavy atom. The van der Waals surface area contributed by atoms with E-state index in [4.69, 9.17) is 9.84 Å². The number of hydrogen-bond donors (Lipinski definition) is 1. The fourth-order valence-corrected chi connectivity index (χ4v) is 1.89. The summed E-state index contributed by atoms with van der Waals surface area (Å²) < 4.78 is 4.96. The zero-order valence-electron chi connectivity index (χ0n) is 7.99. The first-order chi connectivity index (χ1) is 6.27. The van der Waals surface area contributed by atoms with Gasteiger partial charge in [0.15, 0.2) is 0 Å². The standard InChI is InChI=1S/C9H15NO2S/c1-7(6-11)8-5-10-9(13-8)3-4-12-2/h5,7,11H,3-4,6H2,1-2H3. The van der Waals surface area contributed by atoms with E-state index in [0.29, 0.717) is 6.61 Å². The molecule has 0 radical (unpaired) electrons. The molecule has 4 heteroatoms. The topological polar surface area (TPSA) is 42.4 Å². The predicted molar refractivity (Wildman–Crippen MR) is 53.2 cm³/mol. The molecule has 1 unspecified atom stereocenters. The van der Waals surface area contributed by atoms with Crippen molar-refractivity contribution >= 4 is 11.3 Å². The third-order valence-corrected chi connectivity index (χ3v) is 3.14. The first-order valence-electron chi connectivity index (χ1n) is 4.32. The second kappa shape index (κ2) is 5.32. The van der Waals surface area contributed by atoms with Crippen LogP contribution >= 0.6 is 11.3 Å². The summed E-state index contributed by atoms with van der Waals surface area (Å²) in [5, 5.41) is 10.0. The maximum atomic E-state index is 8.93. The molecule has 0 aliphatic rings. The van der Waals surface area contributed by atoms with E-state index in [9.17, 15) is 0 Å². The van der Waals surface area contributed by atoms with Crippen LogP contribution in [-0.2, 0) is 11.2 Å². The van der Waals surface area contributed by atoms with Gasteiger partial charge in [-0.1, -0.05) is 6.92 Å². The summed E-state index contributed by atoms with van der Waals surface area (Å²) in [4.78, 5) is 5.40. The van der Waals surface area contributed by atoms with Gasteiger partial charge in [-0.25, -0.2) is 4.98 Å². The van der Waals surface area contributed by atoms with Crippen molar-refractivity contribution in [2.45, 2.75) is 19.3 Å². The number of aliphatic hydroxyl groups is 1. The van der Waals surface area contributed by atoms with Crippen molar-refractivity contribution in [3.8, 4) is 0 Å². The molecule has 3 nitrogen and oxygen atoms in total. The molecule has 1 rings (SSSR count). The van der Waals surface area contributed by atoms with Crippen molar-refractivity contribution in [1.82, 2.24) is 4.98 Å². The van der Waals surface area contributed by atoms with E-state index in [1.807, 2.05) is 13.1 Å². The highest BCUT2D eigenvalue weighted by molar-refractivity contribution is 7.11. The van der Waals surface area contributed by atoms with E-state index in [-0.39, 0.29) is 12.5 Å². The van der Waals surface area contributed by atoms with Gasteiger partial charge >= 0.3 is 0 Å². The predicted octanol–water partition coefficient (Wildman–Crippen LogP) is 1.43. The normalized spacial score (nSPS) is 13.2. The Kier molecular flexibility index (Phi) is 4.35. The monoisotopic (exact) mass is 201 g/mol. The van der Waals surface area contributed by atoms with Crippen LogP contribution in [0.3, 0.4) is 0 Å². The highest BCUT2D eigenvalue weighted by atomic mass is 32.1. The Hall–Kier alpha value is -0.450. The number of aromatic nitrogens is 1. The molecule has 0 saturated carbocycles. The first kappa shape index (κ1) is 10.6. The van der Waals surface area contributed by atoms with E-state index in [2.05, 4.69) is 4.98 Å². The number of methoxy groups -OCH3 is 1. The van der Waals surface area contributed by atoms with Crippen LogP contribution in [0.1, 0.15) is 22.7 Å². The van der Waals surface area contributed by atoms with Crippen LogP contribution in [0.4, 0.5) is 0 Å². The number of nitrogens with zero attached hydrogens (tertiary/aromatic N) is 1. The SMILES string of the molecule is COCCc1ncc(C(C)CO)s1. The molecule has 13 heavy (non-hydrogen) atoms. The van der Waals surface area contributed by atoms with Gasteiger partial charge in [-0.05, 0) is 0 Å². The summed E-state index contributed by atoms with van der Waals surface area (Å²) in [6.45, 7) is 2.89. The minimum Gasteiger partial charge on any atom is -0.396 e. The molecule has 0 aliphatic heterocycles. The lowest BCUT2D eigenvalue weighted by molar-refractivity contribution is 0.202. The van der Waals surface area contributed by atoms with Gasteiger partial charge in [0.05, 0.1) is 18.2 Å². The Morgan fingerprint density at radius 3 is 3.08 bits per heavy atom. The van der Waals surface area contributed by atoms with E-state index in [1.165, 1.54) is 0 Å². The Morgan fingerprint density at radius 2 is 2.46 bits per heavy atom. The Labute approximate surface area is 82.4 Å². The van der Waals surface area contributed by atoms with Gasteiger partial charge < -0.3 is 9.84 Å². The molecular weight excluding hydrogens is 186 g/mol. The minimum atomic E-state index is 0.186. The smallest absolute Gasteiger partial charge is 0.0950 e. The van der Waals surface area contributed by atoms with Crippen molar-refractivity contribution in [3.05, 3.63) is 16.1 Å². The molecule has 74 valence electrons. The maximum absolute atomic E-state index is 8.93. The minimum absolute atomic E-state index is 0.186. The van der Waals surface area contributed by atoms with Crippen molar-refractivity contribution in [3.63, 3.8) is 0 Å². The number of hydrogen-bond acceptors (Lipinski definition) is 4. The lowest BCUT2D eigenvalue weighted by atomic mass is 10.2. The summed E-state index contributed by atoms with van der Waals surface area (Å²) in [6.07, 6.45) is 2.70.